The maximum absolute atomic E-state index is 11.5. The summed E-state index contributed by atoms with van der Waals surface area (Å²) in [5, 5.41) is 0. The zero-order chi connectivity index (χ0) is 14.5. The Labute approximate surface area is 128 Å². The summed E-state index contributed by atoms with van der Waals surface area (Å²) in [5.41, 5.74) is 1.62. The van der Waals surface area contributed by atoms with Crippen LogP contribution in [0, 0.1) is 5.92 Å². The lowest BCUT2D eigenvalue weighted by molar-refractivity contribution is -0.0156. The van der Waals surface area contributed by atoms with Crippen LogP contribution in [0.1, 0.15) is 48.5 Å². The van der Waals surface area contributed by atoms with Gasteiger partial charge >= 0.3 is 5.97 Å². The zero-order valence-corrected chi connectivity index (χ0v) is 13.6. The van der Waals surface area contributed by atoms with E-state index >= 15 is 0 Å². The highest BCUT2D eigenvalue weighted by atomic mass is 79.9. The van der Waals surface area contributed by atoms with E-state index in [4.69, 9.17) is 9.47 Å². The van der Waals surface area contributed by atoms with Gasteiger partial charge in [-0.05, 0) is 36.5 Å². The highest BCUT2D eigenvalue weighted by Gasteiger charge is 2.22. The van der Waals surface area contributed by atoms with Crippen LogP contribution in [-0.2, 0) is 16.1 Å². The van der Waals surface area contributed by atoms with Crippen LogP contribution >= 0.6 is 15.9 Å². The molecule has 0 radical (unpaired) electrons. The summed E-state index contributed by atoms with van der Waals surface area (Å²) in [6, 6.07) is 5.48. The third kappa shape index (κ3) is 3.83. The average Bonchev–Trinajstić information content (AvgIpc) is 2.46. The van der Waals surface area contributed by atoms with E-state index < -0.39 is 0 Å². The number of carbonyl (C=O) groups excluding carboxylic acids is 1. The lowest BCUT2D eigenvalue weighted by Crippen LogP contribution is -2.25. The van der Waals surface area contributed by atoms with Crippen molar-refractivity contribution in [3.05, 3.63) is 33.8 Å². The fourth-order valence-corrected chi connectivity index (χ4v) is 3.13. The van der Waals surface area contributed by atoms with Gasteiger partial charge in [0.2, 0.25) is 0 Å². The number of benzene rings is 1. The van der Waals surface area contributed by atoms with Gasteiger partial charge in [0.1, 0.15) is 0 Å². The highest BCUT2D eigenvalue weighted by Crippen LogP contribution is 2.28. The van der Waals surface area contributed by atoms with Crippen molar-refractivity contribution in [3.8, 4) is 0 Å². The fraction of sp³-hybridized carbons (Fsp3) is 0.562. The van der Waals surface area contributed by atoms with E-state index in [1.807, 2.05) is 6.07 Å². The molecule has 2 atom stereocenters. The minimum absolute atomic E-state index is 0.320. The molecule has 2 rings (SSSR count). The lowest BCUT2D eigenvalue weighted by Gasteiger charge is -2.28. The normalized spacial score (nSPS) is 22.6. The SMILES string of the molecule is COC(=O)c1ccc(COC2CCCCC2C)c(Br)c1. The number of halogens is 1. The second-order valence-corrected chi connectivity index (χ2v) is 6.26. The van der Waals surface area contributed by atoms with E-state index in [0.717, 1.165) is 16.5 Å². The molecular weight excluding hydrogens is 320 g/mol. The van der Waals surface area contributed by atoms with E-state index in [9.17, 15) is 4.79 Å². The first-order chi connectivity index (χ1) is 9.61. The zero-order valence-electron chi connectivity index (χ0n) is 12.0. The predicted molar refractivity (Wildman–Crippen MR) is 81.7 cm³/mol. The van der Waals surface area contributed by atoms with Gasteiger partial charge in [-0.15, -0.1) is 0 Å². The summed E-state index contributed by atoms with van der Waals surface area (Å²) in [5.74, 6) is 0.316. The first-order valence-corrected chi connectivity index (χ1v) is 7.89. The monoisotopic (exact) mass is 340 g/mol. The summed E-state index contributed by atoms with van der Waals surface area (Å²) in [7, 11) is 1.39. The third-order valence-electron chi connectivity index (χ3n) is 3.96. The molecule has 2 unspecified atom stereocenters. The minimum atomic E-state index is -0.320. The van der Waals surface area contributed by atoms with Crippen LogP contribution in [0.25, 0.3) is 0 Å². The molecular formula is C16H21BrO3. The van der Waals surface area contributed by atoms with Crippen molar-refractivity contribution in [2.24, 2.45) is 5.92 Å². The molecule has 1 aliphatic carbocycles. The highest BCUT2D eigenvalue weighted by molar-refractivity contribution is 9.10. The van der Waals surface area contributed by atoms with E-state index in [2.05, 4.69) is 22.9 Å². The number of carbonyl (C=O) groups is 1. The molecule has 1 aromatic rings. The Kier molecular flexibility index (Phi) is 5.61. The van der Waals surface area contributed by atoms with Crippen molar-refractivity contribution in [3.63, 3.8) is 0 Å². The molecule has 0 amide bonds. The van der Waals surface area contributed by atoms with Crippen LogP contribution in [0.5, 0.6) is 0 Å². The van der Waals surface area contributed by atoms with Crippen LogP contribution in [0.4, 0.5) is 0 Å². The summed E-state index contributed by atoms with van der Waals surface area (Å²) < 4.78 is 11.6. The molecule has 1 aromatic carbocycles. The molecule has 0 aliphatic heterocycles. The molecule has 0 aromatic heterocycles. The van der Waals surface area contributed by atoms with Gasteiger partial charge in [0.15, 0.2) is 0 Å². The van der Waals surface area contributed by atoms with Crippen LogP contribution < -0.4 is 0 Å². The van der Waals surface area contributed by atoms with Crippen molar-refractivity contribution in [1.29, 1.82) is 0 Å². The predicted octanol–water partition coefficient (Wildman–Crippen LogP) is 4.33. The van der Waals surface area contributed by atoms with Crippen LogP contribution in [-0.4, -0.2) is 19.2 Å². The second-order valence-electron chi connectivity index (χ2n) is 5.41. The van der Waals surface area contributed by atoms with Crippen LogP contribution in [0.15, 0.2) is 22.7 Å². The number of hydrogen-bond acceptors (Lipinski definition) is 3. The van der Waals surface area contributed by atoms with Gasteiger partial charge in [-0.25, -0.2) is 4.79 Å². The van der Waals surface area contributed by atoms with Gasteiger partial charge < -0.3 is 9.47 Å². The number of hydrogen-bond donors (Lipinski definition) is 0. The lowest BCUT2D eigenvalue weighted by atomic mass is 9.88. The first-order valence-electron chi connectivity index (χ1n) is 7.10. The van der Waals surface area contributed by atoms with E-state index in [1.54, 1.807) is 12.1 Å². The Hall–Kier alpha value is -0.870. The molecule has 3 nitrogen and oxygen atoms in total. The molecule has 0 N–H and O–H groups in total. The van der Waals surface area contributed by atoms with Crippen molar-refractivity contribution >= 4 is 21.9 Å². The summed E-state index contributed by atoms with van der Waals surface area (Å²) in [6.07, 6.45) is 5.35. The van der Waals surface area contributed by atoms with Gasteiger partial charge in [0.05, 0.1) is 25.4 Å². The number of rotatable bonds is 4. The molecule has 110 valence electrons. The average molecular weight is 341 g/mol. The molecule has 1 fully saturated rings. The summed E-state index contributed by atoms with van der Waals surface area (Å²) in [6.45, 7) is 2.84. The molecule has 20 heavy (non-hydrogen) atoms. The van der Waals surface area contributed by atoms with Crippen molar-refractivity contribution < 1.29 is 14.3 Å². The second kappa shape index (κ2) is 7.23. The Bertz CT molecular complexity index is 473. The molecule has 1 aliphatic rings. The van der Waals surface area contributed by atoms with Crippen molar-refractivity contribution in [1.82, 2.24) is 0 Å². The largest absolute Gasteiger partial charge is 0.465 e. The van der Waals surface area contributed by atoms with Gasteiger partial charge in [-0.1, -0.05) is 41.8 Å². The van der Waals surface area contributed by atoms with E-state index in [-0.39, 0.29) is 5.97 Å². The number of methoxy groups -OCH3 is 1. The van der Waals surface area contributed by atoms with Crippen molar-refractivity contribution in [2.45, 2.75) is 45.3 Å². The topological polar surface area (TPSA) is 35.5 Å². The molecule has 0 heterocycles. The third-order valence-corrected chi connectivity index (χ3v) is 4.70. The maximum atomic E-state index is 11.5. The molecule has 1 saturated carbocycles. The first kappa shape index (κ1) is 15.5. The van der Waals surface area contributed by atoms with Crippen LogP contribution in [0.3, 0.4) is 0 Å². The van der Waals surface area contributed by atoms with Gasteiger partial charge in [0, 0.05) is 4.47 Å². The summed E-state index contributed by atoms with van der Waals surface area (Å²) >= 11 is 3.50. The quantitative estimate of drug-likeness (QED) is 0.765. The summed E-state index contributed by atoms with van der Waals surface area (Å²) in [4.78, 5) is 11.5. The Morgan fingerprint density at radius 1 is 1.35 bits per heavy atom. The van der Waals surface area contributed by atoms with Gasteiger partial charge in [0.25, 0.3) is 0 Å². The molecule has 0 saturated heterocycles. The minimum Gasteiger partial charge on any atom is -0.465 e. The van der Waals surface area contributed by atoms with E-state index in [0.29, 0.717) is 24.2 Å². The number of esters is 1. The molecule has 4 heteroatoms. The van der Waals surface area contributed by atoms with E-state index in [1.165, 1.54) is 26.4 Å². The van der Waals surface area contributed by atoms with Crippen LogP contribution in [0.2, 0.25) is 0 Å². The van der Waals surface area contributed by atoms with Gasteiger partial charge in [-0.2, -0.15) is 0 Å². The smallest absolute Gasteiger partial charge is 0.337 e. The van der Waals surface area contributed by atoms with Gasteiger partial charge in [-0.3, -0.25) is 0 Å². The molecule has 0 bridgehead atoms. The number of ether oxygens (including phenoxy) is 2. The maximum Gasteiger partial charge on any atom is 0.337 e. The van der Waals surface area contributed by atoms with Crippen molar-refractivity contribution in [2.75, 3.05) is 7.11 Å². The standard InChI is InChI=1S/C16H21BrO3/c1-11-5-3-4-6-15(11)20-10-13-8-7-12(9-14(13)17)16(18)19-2/h7-9,11,15H,3-6,10H2,1-2H3. The molecule has 0 spiro atoms. The Balaban J connectivity index is 1.97. The fourth-order valence-electron chi connectivity index (χ4n) is 2.64. The Morgan fingerprint density at radius 3 is 2.75 bits per heavy atom. The Morgan fingerprint density at radius 2 is 2.10 bits per heavy atom.